The number of anilines is 1. The summed E-state index contributed by atoms with van der Waals surface area (Å²) in [5.74, 6) is 0.140. The molecule has 0 heterocycles. The van der Waals surface area contributed by atoms with Crippen molar-refractivity contribution in [3.63, 3.8) is 0 Å². The van der Waals surface area contributed by atoms with Gasteiger partial charge in [0, 0.05) is 17.8 Å². The van der Waals surface area contributed by atoms with Gasteiger partial charge in [-0.15, -0.1) is 0 Å². The van der Waals surface area contributed by atoms with Crippen molar-refractivity contribution in [3.05, 3.63) is 64.2 Å². The summed E-state index contributed by atoms with van der Waals surface area (Å²) in [6.45, 7) is 0. The van der Waals surface area contributed by atoms with Crippen LogP contribution in [0.3, 0.4) is 0 Å². The van der Waals surface area contributed by atoms with Crippen molar-refractivity contribution in [1.82, 2.24) is 5.43 Å². The first-order valence-corrected chi connectivity index (χ1v) is 6.18. The molecule has 0 unspecified atom stereocenters. The Morgan fingerprint density at radius 2 is 1.77 bits per heavy atom. The van der Waals surface area contributed by atoms with E-state index in [1.54, 1.807) is 12.1 Å². The third kappa shape index (κ3) is 4.30. The van der Waals surface area contributed by atoms with Crippen LogP contribution < -0.4 is 10.7 Å². The number of benzene rings is 2. The van der Waals surface area contributed by atoms with Crippen molar-refractivity contribution in [1.29, 1.82) is 0 Å². The number of phenols is 1. The number of phenolic OH excluding ortho intramolecular Hbond substituents is 1. The van der Waals surface area contributed by atoms with Crippen molar-refractivity contribution in [2.24, 2.45) is 5.10 Å². The molecule has 8 nitrogen and oxygen atoms in total. The lowest BCUT2D eigenvalue weighted by Gasteiger charge is -2.03. The van der Waals surface area contributed by atoms with Gasteiger partial charge in [0.25, 0.3) is 5.69 Å². The summed E-state index contributed by atoms with van der Waals surface area (Å²) in [6.07, 6.45) is 1.41. The molecule has 0 fully saturated rings. The summed E-state index contributed by atoms with van der Waals surface area (Å²) >= 11 is 0. The molecule has 0 saturated heterocycles. The number of nitrogens with zero attached hydrogens (tertiary/aromatic N) is 2. The fourth-order valence-electron chi connectivity index (χ4n) is 1.55. The molecule has 0 aliphatic carbocycles. The van der Waals surface area contributed by atoms with Crippen LogP contribution in [-0.4, -0.2) is 22.3 Å². The molecular weight excluding hydrogens is 288 g/mol. The molecule has 2 aromatic rings. The number of amides is 2. The lowest BCUT2D eigenvalue weighted by molar-refractivity contribution is -0.384. The SMILES string of the molecule is O=C(N/N=C/c1ccc(O)cc1)Nc1ccc([N+](=O)[O-])cc1. The summed E-state index contributed by atoms with van der Waals surface area (Å²) in [6, 6.07) is 11.1. The first-order valence-electron chi connectivity index (χ1n) is 6.18. The Labute approximate surface area is 125 Å². The van der Waals surface area contributed by atoms with Gasteiger partial charge in [0.05, 0.1) is 11.1 Å². The number of rotatable bonds is 4. The summed E-state index contributed by atoms with van der Waals surface area (Å²) in [5.41, 5.74) is 3.30. The van der Waals surface area contributed by atoms with Crippen molar-refractivity contribution in [2.75, 3.05) is 5.32 Å². The molecule has 0 saturated carbocycles. The molecule has 0 aliphatic heterocycles. The van der Waals surface area contributed by atoms with Crippen molar-refractivity contribution >= 4 is 23.6 Å². The number of nitro benzene ring substituents is 1. The maximum atomic E-state index is 11.6. The van der Waals surface area contributed by atoms with Gasteiger partial charge in [-0.2, -0.15) is 5.10 Å². The second-order valence-electron chi connectivity index (χ2n) is 4.22. The number of nitro groups is 1. The summed E-state index contributed by atoms with van der Waals surface area (Å²) in [5, 5.41) is 25.8. The van der Waals surface area contributed by atoms with E-state index in [2.05, 4.69) is 15.8 Å². The van der Waals surface area contributed by atoms with Gasteiger partial charge in [-0.3, -0.25) is 10.1 Å². The van der Waals surface area contributed by atoms with E-state index in [1.165, 1.54) is 42.6 Å². The number of hydrazone groups is 1. The first kappa shape index (κ1) is 15.0. The minimum atomic E-state index is -0.580. The van der Waals surface area contributed by atoms with Gasteiger partial charge < -0.3 is 10.4 Å². The van der Waals surface area contributed by atoms with Crippen molar-refractivity contribution < 1.29 is 14.8 Å². The van der Waals surface area contributed by atoms with Crippen LogP contribution in [0, 0.1) is 10.1 Å². The fraction of sp³-hybridized carbons (Fsp3) is 0. The molecule has 112 valence electrons. The van der Waals surface area contributed by atoms with E-state index in [9.17, 15) is 14.9 Å². The second kappa shape index (κ2) is 6.84. The molecule has 0 atom stereocenters. The molecule has 8 heteroatoms. The highest BCUT2D eigenvalue weighted by molar-refractivity contribution is 5.90. The Morgan fingerprint density at radius 3 is 2.36 bits per heavy atom. The van der Waals surface area contributed by atoms with E-state index in [0.29, 0.717) is 11.3 Å². The molecule has 0 spiro atoms. The zero-order valence-corrected chi connectivity index (χ0v) is 11.3. The van der Waals surface area contributed by atoms with Gasteiger partial charge in [0.15, 0.2) is 0 Å². The van der Waals surface area contributed by atoms with Crippen molar-refractivity contribution in [2.45, 2.75) is 0 Å². The number of aromatic hydroxyl groups is 1. The van der Waals surface area contributed by atoms with E-state index in [-0.39, 0.29) is 11.4 Å². The standard InChI is InChI=1S/C14H12N4O4/c19-13-7-1-10(2-8-13)9-15-17-14(20)16-11-3-5-12(6-4-11)18(21)22/h1-9,19H,(H2,16,17,20)/b15-9+. The molecule has 2 rings (SSSR count). The summed E-state index contributed by atoms with van der Waals surface area (Å²) in [4.78, 5) is 21.5. The third-order valence-electron chi connectivity index (χ3n) is 2.61. The molecule has 2 aromatic carbocycles. The average Bonchev–Trinajstić information content (AvgIpc) is 2.50. The number of nitrogens with one attached hydrogen (secondary N) is 2. The van der Waals surface area contributed by atoms with Gasteiger partial charge in [-0.05, 0) is 42.0 Å². The number of urea groups is 1. The van der Waals surface area contributed by atoms with Crippen LogP contribution in [0.25, 0.3) is 0 Å². The smallest absolute Gasteiger partial charge is 0.339 e. The maximum Gasteiger partial charge on any atom is 0.339 e. The molecular formula is C14H12N4O4. The van der Waals surface area contributed by atoms with Crippen molar-refractivity contribution in [3.8, 4) is 5.75 Å². The summed E-state index contributed by atoms with van der Waals surface area (Å²) in [7, 11) is 0. The molecule has 0 aromatic heterocycles. The number of carbonyl (C=O) groups excluding carboxylic acids is 1. The molecule has 22 heavy (non-hydrogen) atoms. The molecule has 0 bridgehead atoms. The Hall–Kier alpha value is -3.42. The second-order valence-corrected chi connectivity index (χ2v) is 4.22. The Morgan fingerprint density at radius 1 is 1.14 bits per heavy atom. The van der Waals surface area contributed by atoms with Gasteiger partial charge in [0.2, 0.25) is 0 Å². The van der Waals surface area contributed by atoms with E-state index in [1.807, 2.05) is 0 Å². The van der Waals surface area contributed by atoms with Crippen LogP contribution in [0.15, 0.2) is 53.6 Å². The predicted molar refractivity (Wildman–Crippen MR) is 81.0 cm³/mol. The Balaban J connectivity index is 1.87. The van der Waals surface area contributed by atoms with E-state index >= 15 is 0 Å². The maximum absolute atomic E-state index is 11.6. The van der Waals surface area contributed by atoms with Crippen LogP contribution in [-0.2, 0) is 0 Å². The monoisotopic (exact) mass is 300 g/mol. The number of carbonyl (C=O) groups is 1. The Bertz CT molecular complexity index is 696. The number of non-ortho nitro benzene ring substituents is 1. The highest BCUT2D eigenvalue weighted by atomic mass is 16.6. The number of hydrogen-bond acceptors (Lipinski definition) is 5. The lowest BCUT2D eigenvalue weighted by Crippen LogP contribution is -2.24. The van der Waals surface area contributed by atoms with Crippen LogP contribution in [0.4, 0.5) is 16.2 Å². The topological polar surface area (TPSA) is 117 Å². The highest BCUT2D eigenvalue weighted by Gasteiger charge is 2.05. The van der Waals surface area contributed by atoms with E-state index in [4.69, 9.17) is 5.11 Å². The zero-order chi connectivity index (χ0) is 15.9. The molecule has 0 radical (unpaired) electrons. The summed E-state index contributed by atoms with van der Waals surface area (Å²) < 4.78 is 0. The van der Waals surface area contributed by atoms with Crippen LogP contribution in [0.2, 0.25) is 0 Å². The fourth-order valence-corrected chi connectivity index (χ4v) is 1.55. The van der Waals surface area contributed by atoms with Gasteiger partial charge in [-0.1, -0.05) is 0 Å². The van der Waals surface area contributed by atoms with Gasteiger partial charge in [0.1, 0.15) is 5.75 Å². The predicted octanol–water partition coefficient (Wildman–Crippen LogP) is 2.46. The lowest BCUT2D eigenvalue weighted by atomic mass is 10.2. The van der Waals surface area contributed by atoms with Crippen LogP contribution in [0.1, 0.15) is 5.56 Å². The van der Waals surface area contributed by atoms with Crippen LogP contribution >= 0.6 is 0 Å². The minimum Gasteiger partial charge on any atom is -0.508 e. The quantitative estimate of drug-likeness (QED) is 0.456. The highest BCUT2D eigenvalue weighted by Crippen LogP contribution is 2.15. The van der Waals surface area contributed by atoms with E-state index in [0.717, 1.165) is 0 Å². The minimum absolute atomic E-state index is 0.0590. The molecule has 0 aliphatic rings. The molecule has 2 amide bonds. The van der Waals surface area contributed by atoms with Gasteiger partial charge >= 0.3 is 6.03 Å². The normalized spacial score (nSPS) is 10.4. The first-order chi connectivity index (χ1) is 10.5. The van der Waals surface area contributed by atoms with Crippen LogP contribution in [0.5, 0.6) is 5.75 Å². The van der Waals surface area contributed by atoms with Gasteiger partial charge in [-0.25, -0.2) is 10.2 Å². The largest absolute Gasteiger partial charge is 0.508 e. The molecule has 3 N–H and O–H groups in total. The third-order valence-corrected chi connectivity index (χ3v) is 2.61. The van der Waals surface area contributed by atoms with E-state index < -0.39 is 11.0 Å². The number of hydrogen-bond donors (Lipinski definition) is 3. The zero-order valence-electron chi connectivity index (χ0n) is 11.3. The Kier molecular flexibility index (Phi) is 4.66. The average molecular weight is 300 g/mol.